The molecule has 0 N–H and O–H groups in total. The van der Waals surface area contributed by atoms with Crippen molar-refractivity contribution in [1.82, 2.24) is 25.1 Å². The number of rotatable bonds is 7. The van der Waals surface area contributed by atoms with E-state index < -0.39 is 0 Å². The molecule has 0 radical (unpaired) electrons. The fourth-order valence-corrected chi connectivity index (χ4v) is 3.31. The van der Waals surface area contributed by atoms with E-state index in [2.05, 4.69) is 27.2 Å². The Kier molecular flexibility index (Phi) is 4.15. The minimum atomic E-state index is 0.0940. The molecule has 2 saturated carbocycles. The van der Waals surface area contributed by atoms with Gasteiger partial charge in [-0.3, -0.25) is 4.79 Å². The minimum Gasteiger partial charge on any atom is -0.497 e. The van der Waals surface area contributed by atoms with Crippen LogP contribution in [0.25, 0.3) is 11.4 Å². The number of hydrogen-bond acceptors (Lipinski definition) is 5. The van der Waals surface area contributed by atoms with Crippen molar-refractivity contribution >= 4 is 5.91 Å². The first-order valence-corrected chi connectivity index (χ1v) is 8.89. The summed E-state index contributed by atoms with van der Waals surface area (Å²) in [4.78, 5) is 16.2. The summed E-state index contributed by atoms with van der Waals surface area (Å²) in [7, 11) is 1.62. The summed E-state index contributed by atoms with van der Waals surface area (Å²) in [6.45, 7) is 2.31. The van der Waals surface area contributed by atoms with Crippen molar-refractivity contribution in [2.24, 2.45) is 5.92 Å². The molecule has 7 nitrogen and oxygen atoms in total. The molecule has 1 aromatic heterocycles. The Labute approximate surface area is 147 Å². The summed E-state index contributed by atoms with van der Waals surface area (Å²) in [6.07, 6.45) is 4.70. The van der Waals surface area contributed by atoms with Crippen molar-refractivity contribution in [3.05, 3.63) is 24.3 Å². The predicted octanol–water partition coefficient (Wildman–Crippen LogP) is 2.14. The Morgan fingerprint density at radius 3 is 2.84 bits per heavy atom. The largest absolute Gasteiger partial charge is 0.497 e. The number of amides is 1. The lowest BCUT2D eigenvalue weighted by atomic mass is 10.1. The van der Waals surface area contributed by atoms with Gasteiger partial charge in [0.2, 0.25) is 11.7 Å². The Bertz CT molecular complexity index is 766. The molecular formula is C18H23N5O2. The molecule has 132 valence electrons. The highest BCUT2D eigenvalue weighted by Crippen LogP contribution is 2.39. The molecule has 7 heteroatoms. The summed E-state index contributed by atoms with van der Waals surface area (Å²) in [5, 5.41) is 12.5. The van der Waals surface area contributed by atoms with Crippen LogP contribution in [0.5, 0.6) is 5.75 Å². The van der Waals surface area contributed by atoms with E-state index in [0.29, 0.717) is 23.8 Å². The van der Waals surface area contributed by atoms with Crippen LogP contribution in [-0.4, -0.2) is 50.2 Å². The van der Waals surface area contributed by atoms with Gasteiger partial charge in [-0.15, -0.1) is 10.2 Å². The molecule has 1 atom stereocenters. The smallest absolute Gasteiger partial charge is 0.246 e. The van der Waals surface area contributed by atoms with Crippen LogP contribution in [0.1, 0.15) is 32.6 Å². The van der Waals surface area contributed by atoms with E-state index in [1.54, 1.807) is 7.11 Å². The van der Waals surface area contributed by atoms with Gasteiger partial charge >= 0.3 is 0 Å². The number of nitrogens with zero attached hydrogens (tertiary/aromatic N) is 5. The Morgan fingerprint density at radius 1 is 1.36 bits per heavy atom. The summed E-state index contributed by atoms with van der Waals surface area (Å²) in [6, 6.07) is 8.23. The van der Waals surface area contributed by atoms with Gasteiger partial charge in [0.1, 0.15) is 12.3 Å². The van der Waals surface area contributed by atoms with Gasteiger partial charge in [-0.1, -0.05) is 12.1 Å². The highest BCUT2D eigenvalue weighted by atomic mass is 16.5. The van der Waals surface area contributed by atoms with Crippen LogP contribution in [-0.2, 0) is 11.3 Å². The van der Waals surface area contributed by atoms with Crippen LogP contribution in [0, 0.1) is 5.92 Å². The van der Waals surface area contributed by atoms with Crippen molar-refractivity contribution < 1.29 is 9.53 Å². The standard InChI is InChI=1S/C18H23N5O2/c1-12(13-6-7-13)23(15-8-9-15)17(24)11-22-20-18(19-21-22)14-4-3-5-16(10-14)25-2/h3-5,10,12-13,15H,6-9,11H2,1-2H3/t12-/m1/s1. The van der Waals surface area contributed by atoms with E-state index in [-0.39, 0.29) is 12.5 Å². The van der Waals surface area contributed by atoms with E-state index >= 15 is 0 Å². The molecule has 2 fully saturated rings. The number of carbonyl (C=O) groups excluding carboxylic acids is 1. The molecule has 0 aliphatic heterocycles. The lowest BCUT2D eigenvalue weighted by Crippen LogP contribution is -2.43. The molecule has 2 aliphatic carbocycles. The zero-order chi connectivity index (χ0) is 17.4. The maximum atomic E-state index is 12.8. The summed E-state index contributed by atoms with van der Waals surface area (Å²) >= 11 is 0. The molecule has 2 aliphatic rings. The number of tetrazole rings is 1. The second-order valence-corrected chi connectivity index (χ2v) is 6.99. The summed E-state index contributed by atoms with van der Waals surface area (Å²) in [5.41, 5.74) is 0.823. The minimum absolute atomic E-state index is 0.0940. The average Bonchev–Trinajstić information content (AvgIpc) is 3.54. The average molecular weight is 341 g/mol. The van der Waals surface area contributed by atoms with Crippen molar-refractivity contribution in [2.75, 3.05) is 7.11 Å². The molecule has 0 unspecified atom stereocenters. The van der Waals surface area contributed by atoms with Crippen LogP contribution < -0.4 is 4.74 Å². The maximum absolute atomic E-state index is 12.8. The number of methoxy groups -OCH3 is 1. The first kappa shape index (κ1) is 16.1. The lowest BCUT2D eigenvalue weighted by molar-refractivity contribution is -0.135. The van der Waals surface area contributed by atoms with Crippen molar-refractivity contribution in [1.29, 1.82) is 0 Å². The van der Waals surface area contributed by atoms with Crippen molar-refractivity contribution in [2.45, 2.75) is 51.2 Å². The van der Waals surface area contributed by atoms with E-state index in [9.17, 15) is 4.79 Å². The number of carbonyl (C=O) groups is 1. The van der Waals surface area contributed by atoms with Gasteiger partial charge in [0.25, 0.3) is 0 Å². The van der Waals surface area contributed by atoms with Gasteiger partial charge in [-0.25, -0.2) is 0 Å². The molecular weight excluding hydrogens is 318 g/mol. The van der Waals surface area contributed by atoms with Gasteiger partial charge in [0.15, 0.2) is 0 Å². The fraction of sp³-hybridized carbons (Fsp3) is 0.556. The topological polar surface area (TPSA) is 73.1 Å². The van der Waals surface area contributed by atoms with Gasteiger partial charge in [-0.2, -0.15) is 4.80 Å². The third kappa shape index (κ3) is 3.50. The Hall–Kier alpha value is -2.44. The van der Waals surface area contributed by atoms with Crippen molar-refractivity contribution in [3.8, 4) is 17.1 Å². The zero-order valence-electron chi connectivity index (χ0n) is 14.6. The quantitative estimate of drug-likeness (QED) is 0.771. The number of benzene rings is 1. The SMILES string of the molecule is COc1cccc(-c2nnn(CC(=O)N(C3CC3)[C@H](C)C3CC3)n2)c1. The first-order valence-electron chi connectivity index (χ1n) is 8.89. The highest BCUT2D eigenvalue weighted by Gasteiger charge is 2.41. The molecule has 1 aromatic carbocycles. The van der Waals surface area contributed by atoms with E-state index in [1.807, 2.05) is 24.3 Å². The second kappa shape index (κ2) is 6.46. The molecule has 0 bridgehead atoms. The van der Waals surface area contributed by atoms with Crippen LogP contribution in [0.3, 0.4) is 0 Å². The van der Waals surface area contributed by atoms with Gasteiger partial charge < -0.3 is 9.64 Å². The number of hydrogen-bond donors (Lipinski definition) is 0. The van der Waals surface area contributed by atoms with Crippen molar-refractivity contribution in [3.63, 3.8) is 0 Å². The van der Waals surface area contributed by atoms with E-state index in [4.69, 9.17) is 4.74 Å². The van der Waals surface area contributed by atoms with Gasteiger partial charge in [0, 0.05) is 17.6 Å². The van der Waals surface area contributed by atoms with E-state index in [0.717, 1.165) is 24.2 Å². The predicted molar refractivity (Wildman–Crippen MR) is 91.9 cm³/mol. The molecule has 1 amide bonds. The van der Waals surface area contributed by atoms with E-state index in [1.165, 1.54) is 17.6 Å². The van der Waals surface area contributed by atoms with Crippen LogP contribution in [0.4, 0.5) is 0 Å². The third-order valence-corrected chi connectivity index (χ3v) is 5.03. The molecule has 0 saturated heterocycles. The van der Waals surface area contributed by atoms with Gasteiger partial charge in [0.05, 0.1) is 7.11 Å². The molecule has 4 rings (SSSR count). The first-order chi connectivity index (χ1) is 12.2. The Morgan fingerprint density at radius 2 is 2.16 bits per heavy atom. The summed E-state index contributed by atoms with van der Waals surface area (Å²) < 4.78 is 5.22. The number of aromatic nitrogens is 4. The zero-order valence-corrected chi connectivity index (χ0v) is 14.6. The fourth-order valence-electron chi connectivity index (χ4n) is 3.31. The monoisotopic (exact) mass is 341 g/mol. The van der Waals surface area contributed by atoms with Crippen LogP contribution in [0.2, 0.25) is 0 Å². The maximum Gasteiger partial charge on any atom is 0.246 e. The number of ether oxygens (including phenoxy) is 1. The highest BCUT2D eigenvalue weighted by molar-refractivity contribution is 5.77. The molecule has 2 aromatic rings. The summed E-state index contributed by atoms with van der Waals surface area (Å²) in [5.74, 6) is 2.00. The lowest BCUT2D eigenvalue weighted by Gasteiger charge is -2.29. The Balaban J connectivity index is 1.47. The van der Waals surface area contributed by atoms with Crippen LogP contribution >= 0.6 is 0 Å². The molecule has 1 heterocycles. The second-order valence-electron chi connectivity index (χ2n) is 6.99. The normalized spacial score (nSPS) is 18.0. The van der Waals surface area contributed by atoms with Crippen LogP contribution in [0.15, 0.2) is 24.3 Å². The molecule has 0 spiro atoms. The third-order valence-electron chi connectivity index (χ3n) is 5.03. The van der Waals surface area contributed by atoms with Gasteiger partial charge in [-0.05, 0) is 55.9 Å². The molecule has 25 heavy (non-hydrogen) atoms.